The Kier molecular flexibility index (Phi) is 4.01. The molecule has 1 aromatic carbocycles. The van der Waals surface area contributed by atoms with E-state index in [1.807, 2.05) is 0 Å². The Bertz CT molecular complexity index is 626. The predicted molar refractivity (Wildman–Crippen MR) is 72.4 cm³/mol. The number of nitrogens with one attached hydrogen (secondary N) is 1. The van der Waals surface area contributed by atoms with Crippen molar-refractivity contribution in [2.75, 3.05) is 13.7 Å². The van der Waals surface area contributed by atoms with E-state index in [1.165, 1.54) is 19.2 Å². The monoisotopic (exact) mass is 299 g/mol. The number of hydrogen-bond donors (Lipinski definition) is 2. The number of carbonyl (C=O) groups is 1. The first-order valence-corrected chi connectivity index (χ1v) is 7.74. The zero-order valence-corrected chi connectivity index (χ0v) is 12.1. The van der Waals surface area contributed by atoms with Gasteiger partial charge in [-0.05, 0) is 36.5 Å². The van der Waals surface area contributed by atoms with Gasteiger partial charge in [-0.1, -0.05) is 6.92 Å². The highest BCUT2D eigenvalue weighted by Gasteiger charge is 2.34. The highest BCUT2D eigenvalue weighted by Crippen LogP contribution is 2.37. The Morgan fingerprint density at radius 1 is 1.50 bits per heavy atom. The first-order valence-electron chi connectivity index (χ1n) is 6.26. The average Bonchev–Trinajstić information content (AvgIpc) is 3.11. The molecule has 1 saturated carbocycles. The second-order valence-corrected chi connectivity index (χ2v) is 6.73. The fraction of sp³-hybridized carbons (Fsp3) is 0.462. The van der Waals surface area contributed by atoms with Crippen LogP contribution < -0.4 is 9.46 Å². The number of carboxylic acid groups (broad SMARTS) is 1. The Morgan fingerprint density at radius 2 is 2.15 bits per heavy atom. The van der Waals surface area contributed by atoms with Crippen LogP contribution in [0.1, 0.15) is 23.7 Å². The lowest BCUT2D eigenvalue weighted by Gasteiger charge is -2.11. The third-order valence-corrected chi connectivity index (χ3v) is 4.96. The summed E-state index contributed by atoms with van der Waals surface area (Å²) in [4.78, 5) is 10.8. The minimum Gasteiger partial charge on any atom is -0.495 e. The molecule has 6 nitrogen and oxygen atoms in total. The molecule has 20 heavy (non-hydrogen) atoms. The molecule has 2 unspecified atom stereocenters. The van der Waals surface area contributed by atoms with Gasteiger partial charge in [-0.25, -0.2) is 17.9 Å². The van der Waals surface area contributed by atoms with Crippen molar-refractivity contribution in [2.45, 2.75) is 18.2 Å². The summed E-state index contributed by atoms with van der Waals surface area (Å²) in [6.45, 7) is 2.43. The van der Waals surface area contributed by atoms with Gasteiger partial charge in [0.2, 0.25) is 10.0 Å². The van der Waals surface area contributed by atoms with E-state index in [0.29, 0.717) is 18.4 Å². The van der Waals surface area contributed by atoms with E-state index in [4.69, 9.17) is 9.84 Å². The number of ether oxygens (including phenoxy) is 1. The highest BCUT2D eigenvalue weighted by molar-refractivity contribution is 7.89. The number of hydrogen-bond acceptors (Lipinski definition) is 4. The van der Waals surface area contributed by atoms with E-state index in [1.54, 1.807) is 0 Å². The fourth-order valence-corrected chi connectivity index (χ4v) is 3.29. The molecule has 0 aliphatic heterocycles. The lowest BCUT2D eigenvalue weighted by molar-refractivity contribution is 0.0696. The van der Waals surface area contributed by atoms with E-state index < -0.39 is 16.0 Å². The molecule has 7 heteroatoms. The van der Waals surface area contributed by atoms with Crippen LogP contribution in [0.15, 0.2) is 23.1 Å². The molecule has 0 radical (unpaired) electrons. The molecule has 0 aromatic heterocycles. The van der Waals surface area contributed by atoms with Crippen LogP contribution in [0.5, 0.6) is 5.75 Å². The third kappa shape index (κ3) is 3.10. The first-order chi connectivity index (χ1) is 9.35. The minimum absolute atomic E-state index is 0.0917. The maximum Gasteiger partial charge on any atom is 0.335 e. The fourth-order valence-electron chi connectivity index (χ4n) is 2.00. The van der Waals surface area contributed by atoms with Gasteiger partial charge in [0.1, 0.15) is 10.6 Å². The van der Waals surface area contributed by atoms with Crippen molar-refractivity contribution in [2.24, 2.45) is 11.8 Å². The maximum atomic E-state index is 12.2. The number of sulfonamides is 1. The van der Waals surface area contributed by atoms with Gasteiger partial charge in [-0.3, -0.25) is 0 Å². The molecule has 2 N–H and O–H groups in total. The Morgan fingerprint density at radius 3 is 2.65 bits per heavy atom. The summed E-state index contributed by atoms with van der Waals surface area (Å²) in [5.74, 6) is -0.158. The van der Waals surface area contributed by atoms with Crippen LogP contribution in [0.25, 0.3) is 0 Å². The molecule has 110 valence electrons. The van der Waals surface area contributed by atoms with Gasteiger partial charge < -0.3 is 9.84 Å². The van der Waals surface area contributed by atoms with E-state index >= 15 is 0 Å². The molecule has 0 bridgehead atoms. The van der Waals surface area contributed by atoms with Gasteiger partial charge in [0.25, 0.3) is 0 Å². The first kappa shape index (κ1) is 14.8. The summed E-state index contributed by atoms with van der Waals surface area (Å²) in [5, 5.41) is 8.95. The highest BCUT2D eigenvalue weighted by atomic mass is 32.2. The summed E-state index contributed by atoms with van der Waals surface area (Å²) >= 11 is 0. The Balaban J connectivity index is 2.28. The van der Waals surface area contributed by atoms with Crippen molar-refractivity contribution in [1.82, 2.24) is 4.72 Å². The van der Waals surface area contributed by atoms with Crippen LogP contribution >= 0.6 is 0 Å². The van der Waals surface area contributed by atoms with Crippen LogP contribution in [0, 0.1) is 11.8 Å². The van der Waals surface area contributed by atoms with Crippen molar-refractivity contribution in [3.8, 4) is 5.75 Å². The largest absolute Gasteiger partial charge is 0.495 e. The number of methoxy groups -OCH3 is 1. The number of aromatic carboxylic acids is 1. The van der Waals surface area contributed by atoms with Crippen molar-refractivity contribution in [3.63, 3.8) is 0 Å². The van der Waals surface area contributed by atoms with Crippen LogP contribution in [-0.2, 0) is 10.0 Å². The summed E-state index contributed by atoms with van der Waals surface area (Å²) in [5.41, 5.74) is -0.0917. The van der Waals surface area contributed by atoms with E-state index in [0.717, 1.165) is 12.5 Å². The zero-order chi connectivity index (χ0) is 14.9. The number of rotatable bonds is 6. The van der Waals surface area contributed by atoms with Crippen LogP contribution in [0.4, 0.5) is 0 Å². The standard InChI is InChI=1S/C13H17NO5S/c1-8-5-10(8)7-14-20(17,18)12-6-9(13(15)16)3-4-11(12)19-2/h3-4,6,8,10,14H,5,7H2,1-2H3,(H,15,16). The van der Waals surface area contributed by atoms with Crippen molar-refractivity contribution >= 4 is 16.0 Å². The summed E-state index contributed by atoms with van der Waals surface area (Å²) in [7, 11) is -2.43. The molecular weight excluding hydrogens is 282 g/mol. The van der Waals surface area contributed by atoms with Crippen molar-refractivity contribution in [1.29, 1.82) is 0 Å². The molecule has 1 aromatic rings. The lowest BCUT2D eigenvalue weighted by Crippen LogP contribution is -2.26. The Hall–Kier alpha value is -1.60. The van der Waals surface area contributed by atoms with Crippen LogP contribution in [0.2, 0.25) is 0 Å². The second-order valence-electron chi connectivity index (χ2n) is 5.00. The van der Waals surface area contributed by atoms with E-state index in [-0.39, 0.29) is 16.2 Å². The summed E-state index contributed by atoms with van der Waals surface area (Å²) in [6, 6.07) is 3.76. The summed E-state index contributed by atoms with van der Waals surface area (Å²) < 4.78 is 32.0. The van der Waals surface area contributed by atoms with Crippen LogP contribution in [0.3, 0.4) is 0 Å². The van der Waals surface area contributed by atoms with Gasteiger partial charge in [0, 0.05) is 6.54 Å². The van der Waals surface area contributed by atoms with Gasteiger partial charge in [0.05, 0.1) is 12.7 Å². The normalized spacial score (nSPS) is 21.5. The molecular formula is C13H17NO5S. The molecule has 0 spiro atoms. The topological polar surface area (TPSA) is 92.7 Å². The SMILES string of the molecule is COc1ccc(C(=O)O)cc1S(=O)(=O)NCC1CC1C. The van der Waals surface area contributed by atoms with Gasteiger partial charge >= 0.3 is 5.97 Å². The maximum absolute atomic E-state index is 12.2. The van der Waals surface area contributed by atoms with E-state index in [2.05, 4.69) is 11.6 Å². The quantitative estimate of drug-likeness (QED) is 0.826. The van der Waals surface area contributed by atoms with Crippen molar-refractivity contribution in [3.05, 3.63) is 23.8 Å². The average molecular weight is 299 g/mol. The summed E-state index contributed by atoms with van der Waals surface area (Å²) in [6.07, 6.45) is 1.01. The molecule has 2 rings (SSSR count). The number of benzene rings is 1. The zero-order valence-electron chi connectivity index (χ0n) is 11.3. The molecule has 1 fully saturated rings. The van der Waals surface area contributed by atoms with Crippen LogP contribution in [-0.4, -0.2) is 33.1 Å². The number of carboxylic acids is 1. The lowest BCUT2D eigenvalue weighted by atomic mass is 10.2. The predicted octanol–water partition coefficient (Wildman–Crippen LogP) is 1.33. The minimum atomic E-state index is -3.78. The molecule has 1 aliphatic carbocycles. The molecule has 0 heterocycles. The van der Waals surface area contributed by atoms with Crippen molar-refractivity contribution < 1.29 is 23.1 Å². The Labute approximate surface area is 117 Å². The van der Waals surface area contributed by atoms with Gasteiger partial charge in [0.15, 0.2) is 0 Å². The molecule has 1 aliphatic rings. The van der Waals surface area contributed by atoms with Gasteiger partial charge in [-0.2, -0.15) is 0 Å². The molecule has 0 saturated heterocycles. The molecule has 2 atom stereocenters. The second kappa shape index (κ2) is 5.41. The molecule has 0 amide bonds. The third-order valence-electron chi connectivity index (χ3n) is 3.51. The van der Waals surface area contributed by atoms with E-state index in [9.17, 15) is 13.2 Å². The van der Waals surface area contributed by atoms with Gasteiger partial charge in [-0.15, -0.1) is 0 Å². The smallest absolute Gasteiger partial charge is 0.335 e.